The molecule has 0 radical (unpaired) electrons. The van der Waals surface area contributed by atoms with Crippen molar-refractivity contribution in [2.24, 2.45) is 4.99 Å². The second-order valence-corrected chi connectivity index (χ2v) is 5.53. The Kier molecular flexibility index (Phi) is 7.00. The van der Waals surface area contributed by atoms with Crippen molar-refractivity contribution in [2.75, 3.05) is 19.6 Å². The van der Waals surface area contributed by atoms with Gasteiger partial charge in [0.2, 0.25) is 5.91 Å². The van der Waals surface area contributed by atoms with Crippen molar-refractivity contribution in [3.05, 3.63) is 15.6 Å². The summed E-state index contributed by atoms with van der Waals surface area (Å²) >= 11 is 1.67. The number of amides is 1. The number of hydrogen-bond donors (Lipinski definition) is 3. The summed E-state index contributed by atoms with van der Waals surface area (Å²) in [4.78, 5) is 21.2. The van der Waals surface area contributed by atoms with Crippen molar-refractivity contribution >= 4 is 23.2 Å². The van der Waals surface area contributed by atoms with Gasteiger partial charge in [-0.3, -0.25) is 4.79 Å². The van der Waals surface area contributed by atoms with E-state index in [2.05, 4.69) is 25.9 Å². The zero-order valence-electron chi connectivity index (χ0n) is 12.5. The van der Waals surface area contributed by atoms with E-state index in [1.165, 1.54) is 4.88 Å². The Bertz CT molecular complexity index is 469. The lowest BCUT2D eigenvalue weighted by molar-refractivity contribution is -0.119. The summed E-state index contributed by atoms with van der Waals surface area (Å²) in [5.41, 5.74) is 1.04. The molecule has 6 nitrogen and oxygen atoms in total. The maximum absolute atomic E-state index is 11.4. The van der Waals surface area contributed by atoms with Crippen LogP contribution in [0.4, 0.5) is 0 Å². The van der Waals surface area contributed by atoms with Crippen LogP contribution in [0.15, 0.2) is 4.99 Å². The van der Waals surface area contributed by atoms with Gasteiger partial charge in [0.25, 0.3) is 0 Å². The lowest BCUT2D eigenvalue weighted by Gasteiger charge is -2.10. The van der Waals surface area contributed by atoms with Gasteiger partial charge >= 0.3 is 0 Å². The van der Waals surface area contributed by atoms with E-state index in [0.717, 1.165) is 17.2 Å². The fourth-order valence-electron chi connectivity index (χ4n) is 1.65. The standard InChI is InChI=1S/C13H23N5OS/c1-5-14-12(19)8-17-13(15-6-2)16-7-11-9(3)18-10(4)20-11/h5-8H2,1-4H3,(H,14,19)(H2,15,16,17). The van der Waals surface area contributed by atoms with Crippen molar-refractivity contribution in [3.8, 4) is 0 Å². The third-order valence-electron chi connectivity index (χ3n) is 2.51. The minimum Gasteiger partial charge on any atom is -0.357 e. The van der Waals surface area contributed by atoms with E-state index < -0.39 is 0 Å². The Balaban J connectivity index is 2.56. The van der Waals surface area contributed by atoms with Crippen LogP contribution in [0.25, 0.3) is 0 Å². The maximum atomic E-state index is 11.4. The zero-order chi connectivity index (χ0) is 15.0. The molecule has 0 aromatic carbocycles. The molecule has 0 unspecified atom stereocenters. The van der Waals surface area contributed by atoms with Crippen LogP contribution in [0, 0.1) is 13.8 Å². The Morgan fingerprint density at radius 2 is 1.90 bits per heavy atom. The summed E-state index contributed by atoms with van der Waals surface area (Å²) in [6.45, 7) is 10.0. The Morgan fingerprint density at radius 1 is 1.20 bits per heavy atom. The number of aromatic nitrogens is 1. The Labute approximate surface area is 124 Å². The molecule has 0 aliphatic carbocycles. The first kappa shape index (κ1) is 16.4. The molecule has 0 atom stereocenters. The van der Waals surface area contributed by atoms with Crippen LogP contribution >= 0.6 is 11.3 Å². The number of guanidine groups is 1. The van der Waals surface area contributed by atoms with Crippen LogP contribution in [0.3, 0.4) is 0 Å². The predicted molar refractivity (Wildman–Crippen MR) is 83.1 cm³/mol. The topological polar surface area (TPSA) is 78.4 Å². The normalized spacial score (nSPS) is 11.3. The second-order valence-electron chi connectivity index (χ2n) is 4.24. The van der Waals surface area contributed by atoms with E-state index >= 15 is 0 Å². The van der Waals surface area contributed by atoms with Crippen LogP contribution in [0.1, 0.15) is 29.4 Å². The maximum Gasteiger partial charge on any atom is 0.241 e. The molecule has 1 heterocycles. The molecule has 0 spiro atoms. The number of nitrogens with zero attached hydrogens (tertiary/aromatic N) is 2. The molecule has 0 fully saturated rings. The first-order chi connectivity index (χ1) is 9.56. The van der Waals surface area contributed by atoms with Gasteiger partial charge in [-0.25, -0.2) is 9.98 Å². The molecule has 0 bridgehead atoms. The van der Waals surface area contributed by atoms with Gasteiger partial charge in [0.1, 0.15) is 6.54 Å². The van der Waals surface area contributed by atoms with Gasteiger partial charge in [-0.2, -0.15) is 0 Å². The molecule has 0 aliphatic rings. The van der Waals surface area contributed by atoms with E-state index in [0.29, 0.717) is 19.0 Å². The first-order valence-electron chi connectivity index (χ1n) is 6.78. The van der Waals surface area contributed by atoms with Crippen molar-refractivity contribution in [1.82, 2.24) is 20.9 Å². The highest BCUT2D eigenvalue weighted by molar-refractivity contribution is 7.11. The van der Waals surface area contributed by atoms with Gasteiger partial charge in [0, 0.05) is 18.0 Å². The van der Waals surface area contributed by atoms with Crippen molar-refractivity contribution in [1.29, 1.82) is 0 Å². The minimum absolute atomic E-state index is 0.0745. The number of aliphatic imine (C=N–C) groups is 1. The number of likely N-dealkylation sites (N-methyl/N-ethyl adjacent to an activating group) is 1. The van der Waals surface area contributed by atoms with E-state index in [-0.39, 0.29) is 12.5 Å². The highest BCUT2D eigenvalue weighted by atomic mass is 32.1. The highest BCUT2D eigenvalue weighted by Gasteiger charge is 2.06. The van der Waals surface area contributed by atoms with Gasteiger partial charge < -0.3 is 16.0 Å². The molecule has 112 valence electrons. The predicted octanol–water partition coefficient (Wildman–Crippen LogP) is 0.951. The third kappa shape index (κ3) is 5.56. The van der Waals surface area contributed by atoms with E-state index in [1.54, 1.807) is 11.3 Å². The van der Waals surface area contributed by atoms with Gasteiger partial charge in [-0.05, 0) is 27.7 Å². The zero-order valence-corrected chi connectivity index (χ0v) is 13.4. The number of hydrogen-bond acceptors (Lipinski definition) is 4. The third-order valence-corrected chi connectivity index (χ3v) is 3.59. The van der Waals surface area contributed by atoms with E-state index in [1.807, 2.05) is 27.7 Å². The number of aryl methyl sites for hydroxylation is 2. The van der Waals surface area contributed by atoms with Gasteiger partial charge in [-0.15, -0.1) is 11.3 Å². The number of nitrogens with one attached hydrogen (secondary N) is 3. The second kappa shape index (κ2) is 8.52. The Hall–Kier alpha value is -1.63. The average Bonchev–Trinajstić information content (AvgIpc) is 2.71. The summed E-state index contributed by atoms with van der Waals surface area (Å²) in [5, 5.41) is 10.1. The van der Waals surface area contributed by atoms with Gasteiger partial charge in [0.05, 0.1) is 17.2 Å². The monoisotopic (exact) mass is 297 g/mol. The molecule has 3 N–H and O–H groups in total. The molecule has 7 heteroatoms. The van der Waals surface area contributed by atoms with E-state index in [4.69, 9.17) is 0 Å². The number of thiazole rings is 1. The molecule has 1 rings (SSSR count). The summed E-state index contributed by atoms with van der Waals surface area (Å²) < 4.78 is 0. The van der Waals surface area contributed by atoms with Crippen molar-refractivity contribution in [3.63, 3.8) is 0 Å². The van der Waals surface area contributed by atoms with Gasteiger partial charge in [-0.1, -0.05) is 0 Å². The van der Waals surface area contributed by atoms with Crippen LogP contribution in [0.2, 0.25) is 0 Å². The van der Waals surface area contributed by atoms with E-state index in [9.17, 15) is 4.79 Å². The van der Waals surface area contributed by atoms with Crippen LogP contribution in [-0.4, -0.2) is 36.5 Å². The number of carbonyl (C=O) groups excluding carboxylic acids is 1. The fraction of sp³-hybridized carbons (Fsp3) is 0.615. The van der Waals surface area contributed by atoms with Crippen LogP contribution < -0.4 is 16.0 Å². The molecule has 0 saturated heterocycles. The molecule has 1 amide bonds. The van der Waals surface area contributed by atoms with Crippen LogP contribution in [0.5, 0.6) is 0 Å². The number of rotatable bonds is 6. The lowest BCUT2D eigenvalue weighted by atomic mass is 10.4. The largest absolute Gasteiger partial charge is 0.357 e. The molecule has 20 heavy (non-hydrogen) atoms. The van der Waals surface area contributed by atoms with Crippen LogP contribution in [-0.2, 0) is 11.3 Å². The summed E-state index contributed by atoms with van der Waals surface area (Å²) in [7, 11) is 0. The molecule has 0 saturated carbocycles. The average molecular weight is 297 g/mol. The van der Waals surface area contributed by atoms with Crippen molar-refractivity contribution in [2.45, 2.75) is 34.2 Å². The molecule has 1 aromatic rings. The minimum atomic E-state index is -0.0745. The summed E-state index contributed by atoms with van der Waals surface area (Å²) in [5.74, 6) is 0.568. The van der Waals surface area contributed by atoms with Gasteiger partial charge in [0.15, 0.2) is 5.96 Å². The summed E-state index contributed by atoms with van der Waals surface area (Å²) in [6, 6.07) is 0. The molecule has 1 aromatic heterocycles. The quantitative estimate of drug-likeness (QED) is 0.540. The SMILES string of the molecule is CCNC(=O)CN=C(NCC)NCc1sc(C)nc1C. The summed E-state index contributed by atoms with van der Waals surface area (Å²) in [6.07, 6.45) is 0. The fourth-order valence-corrected chi connectivity index (χ4v) is 2.52. The lowest BCUT2D eigenvalue weighted by Crippen LogP contribution is -2.38. The Morgan fingerprint density at radius 3 is 2.45 bits per heavy atom. The van der Waals surface area contributed by atoms with Crippen molar-refractivity contribution < 1.29 is 4.79 Å². The molecular formula is C13H23N5OS. The highest BCUT2D eigenvalue weighted by Crippen LogP contribution is 2.16. The molecule has 0 aliphatic heterocycles. The number of carbonyl (C=O) groups is 1. The smallest absolute Gasteiger partial charge is 0.241 e. The first-order valence-corrected chi connectivity index (χ1v) is 7.60. The molecular weight excluding hydrogens is 274 g/mol.